The lowest BCUT2D eigenvalue weighted by Gasteiger charge is -2.41. The number of nitrogens with one attached hydrogen (secondary N) is 1. The van der Waals surface area contributed by atoms with Gasteiger partial charge >= 0.3 is 5.97 Å². The van der Waals surface area contributed by atoms with Gasteiger partial charge in [0.15, 0.2) is 0 Å². The Bertz CT molecular complexity index is 723. The summed E-state index contributed by atoms with van der Waals surface area (Å²) < 4.78 is 0. The van der Waals surface area contributed by atoms with Crippen LogP contribution in [0.15, 0.2) is 30.4 Å². The summed E-state index contributed by atoms with van der Waals surface area (Å²) in [4.78, 5) is 24.6. The smallest absolute Gasteiger partial charge is 0.307 e. The molecule has 0 aromatic heterocycles. The van der Waals surface area contributed by atoms with Gasteiger partial charge in [0.1, 0.15) is 0 Å². The van der Waals surface area contributed by atoms with E-state index in [1.54, 1.807) is 0 Å². The van der Waals surface area contributed by atoms with Gasteiger partial charge in [-0.15, -0.1) is 0 Å². The third-order valence-electron chi connectivity index (χ3n) is 6.01. The normalized spacial score (nSPS) is 36.4. The molecule has 2 bridgehead atoms. The maximum Gasteiger partial charge on any atom is 0.307 e. The molecule has 0 saturated heterocycles. The first-order valence-electron chi connectivity index (χ1n) is 8.26. The van der Waals surface area contributed by atoms with E-state index in [1.165, 1.54) is 5.56 Å². The van der Waals surface area contributed by atoms with Crippen molar-refractivity contribution in [1.82, 2.24) is 0 Å². The number of aliphatic carboxylic acids is 1. The van der Waals surface area contributed by atoms with E-state index < -0.39 is 17.8 Å². The van der Waals surface area contributed by atoms with Crippen molar-refractivity contribution in [3.63, 3.8) is 0 Å². The van der Waals surface area contributed by atoms with Crippen LogP contribution in [0.5, 0.6) is 0 Å². The number of allylic oxidation sites excluding steroid dienone is 2. The van der Waals surface area contributed by atoms with Gasteiger partial charge in [-0.1, -0.05) is 18.2 Å². The highest BCUT2D eigenvalue weighted by Crippen LogP contribution is 2.63. The molecule has 1 amide bonds. The molecule has 4 nitrogen and oxygen atoms in total. The third-order valence-corrected chi connectivity index (χ3v) is 6.01. The van der Waals surface area contributed by atoms with E-state index in [9.17, 15) is 14.7 Å². The van der Waals surface area contributed by atoms with Gasteiger partial charge in [-0.3, -0.25) is 9.59 Å². The van der Waals surface area contributed by atoms with Gasteiger partial charge in [-0.2, -0.15) is 0 Å². The van der Waals surface area contributed by atoms with E-state index in [0.29, 0.717) is 11.8 Å². The van der Waals surface area contributed by atoms with Gasteiger partial charge in [0.2, 0.25) is 5.91 Å². The topological polar surface area (TPSA) is 66.4 Å². The van der Waals surface area contributed by atoms with Crippen molar-refractivity contribution >= 4 is 17.6 Å². The van der Waals surface area contributed by atoms with Crippen LogP contribution in [0.1, 0.15) is 17.5 Å². The molecule has 5 rings (SSSR count). The number of hydrogen-bond donors (Lipinski definition) is 2. The van der Waals surface area contributed by atoms with Crippen molar-refractivity contribution in [2.24, 2.45) is 35.5 Å². The highest BCUT2D eigenvalue weighted by molar-refractivity contribution is 5.96. The van der Waals surface area contributed by atoms with Gasteiger partial charge in [-0.25, -0.2) is 0 Å². The van der Waals surface area contributed by atoms with Gasteiger partial charge < -0.3 is 10.4 Å². The van der Waals surface area contributed by atoms with Crippen LogP contribution in [0.4, 0.5) is 5.69 Å². The molecule has 0 aliphatic heterocycles. The number of amides is 1. The van der Waals surface area contributed by atoms with E-state index >= 15 is 0 Å². The molecule has 1 aromatic carbocycles. The highest BCUT2D eigenvalue weighted by atomic mass is 16.4. The monoisotopic (exact) mass is 311 g/mol. The minimum Gasteiger partial charge on any atom is -0.481 e. The summed E-state index contributed by atoms with van der Waals surface area (Å²) in [7, 11) is 0. The Morgan fingerprint density at radius 2 is 1.70 bits per heavy atom. The third kappa shape index (κ3) is 2.19. The van der Waals surface area contributed by atoms with Crippen LogP contribution < -0.4 is 5.32 Å². The molecule has 0 spiro atoms. The summed E-state index contributed by atoms with van der Waals surface area (Å²) in [5.74, 6) is -0.919. The van der Waals surface area contributed by atoms with Crippen molar-refractivity contribution in [3.8, 4) is 0 Å². The van der Waals surface area contributed by atoms with Crippen molar-refractivity contribution < 1.29 is 14.7 Å². The van der Waals surface area contributed by atoms with Crippen LogP contribution >= 0.6 is 0 Å². The first-order chi connectivity index (χ1) is 11.0. The zero-order chi connectivity index (χ0) is 16.3. The average Bonchev–Trinajstić information content (AvgIpc) is 3.32. The number of rotatable bonds is 3. The number of carbonyl (C=O) groups is 2. The molecule has 0 radical (unpaired) electrons. The summed E-state index contributed by atoms with van der Waals surface area (Å²) >= 11 is 0. The Labute approximate surface area is 135 Å². The number of carboxylic acid groups (broad SMARTS) is 1. The second-order valence-corrected chi connectivity index (χ2v) is 7.28. The second kappa shape index (κ2) is 4.95. The Balaban J connectivity index is 1.60. The number of fused-ring (bicyclic) bond motifs is 1. The van der Waals surface area contributed by atoms with E-state index in [-0.39, 0.29) is 17.7 Å². The summed E-state index contributed by atoms with van der Waals surface area (Å²) in [5, 5.41) is 12.6. The van der Waals surface area contributed by atoms with Crippen LogP contribution in [0.25, 0.3) is 0 Å². The van der Waals surface area contributed by atoms with E-state index in [2.05, 4.69) is 11.4 Å². The van der Waals surface area contributed by atoms with Crippen molar-refractivity contribution in [2.45, 2.75) is 20.3 Å². The van der Waals surface area contributed by atoms with E-state index in [0.717, 1.165) is 17.7 Å². The van der Waals surface area contributed by atoms with Gasteiger partial charge in [0.05, 0.1) is 11.8 Å². The molecule has 6 atom stereocenters. The number of carbonyl (C=O) groups excluding carboxylic acids is 1. The Hall–Kier alpha value is -2.10. The van der Waals surface area contributed by atoms with Crippen LogP contribution in [0, 0.1) is 49.4 Å². The lowest BCUT2D eigenvalue weighted by molar-refractivity contribution is -0.152. The lowest BCUT2D eigenvalue weighted by atomic mass is 9.62. The molecule has 120 valence electrons. The standard InChI is InChI=1S/C19H21NO3/c1-9-3-4-11(7-10(9)2)20-18(21)16-12-5-6-13(15-8-14(12)15)17(16)19(22)23/h3-7,12-17H,8H2,1-2H3,(H,20,21)(H,22,23)/t12-,13-,14+,15-,16+,17+/m0/s1. The minimum absolute atomic E-state index is 0.0259. The van der Waals surface area contributed by atoms with Crippen molar-refractivity contribution in [3.05, 3.63) is 41.5 Å². The fraction of sp³-hybridized carbons (Fsp3) is 0.474. The quantitative estimate of drug-likeness (QED) is 0.843. The molecule has 4 aliphatic carbocycles. The van der Waals surface area contributed by atoms with Crippen LogP contribution in [0.2, 0.25) is 0 Å². The van der Waals surface area contributed by atoms with Crippen molar-refractivity contribution in [1.29, 1.82) is 0 Å². The van der Waals surface area contributed by atoms with Gasteiger partial charge in [0, 0.05) is 5.69 Å². The van der Waals surface area contributed by atoms with Crippen LogP contribution in [0.3, 0.4) is 0 Å². The van der Waals surface area contributed by atoms with E-state index in [4.69, 9.17) is 0 Å². The molecule has 0 unspecified atom stereocenters. The zero-order valence-electron chi connectivity index (χ0n) is 13.3. The predicted octanol–water partition coefficient (Wildman–Crippen LogP) is 3.01. The fourth-order valence-corrected chi connectivity index (χ4v) is 4.61. The SMILES string of the molecule is Cc1ccc(NC(=O)[C@@H]2[C@H]3C=C[C@@H]([C@@H]4C[C@H]34)[C@H]2C(=O)O)cc1C. The first-order valence-corrected chi connectivity index (χ1v) is 8.26. The predicted molar refractivity (Wildman–Crippen MR) is 86.9 cm³/mol. The maximum atomic E-state index is 12.8. The molecule has 4 heteroatoms. The lowest BCUT2D eigenvalue weighted by Crippen LogP contribution is -2.48. The number of aryl methyl sites for hydroxylation is 2. The minimum atomic E-state index is -0.838. The summed E-state index contributed by atoms with van der Waals surface area (Å²) in [6.07, 6.45) is 5.19. The number of anilines is 1. The Kier molecular flexibility index (Phi) is 3.12. The molecular formula is C19H21NO3. The zero-order valence-corrected chi connectivity index (χ0v) is 13.3. The maximum absolute atomic E-state index is 12.8. The van der Waals surface area contributed by atoms with Crippen LogP contribution in [-0.2, 0) is 9.59 Å². The largest absolute Gasteiger partial charge is 0.481 e. The van der Waals surface area contributed by atoms with Crippen LogP contribution in [-0.4, -0.2) is 17.0 Å². The molecule has 0 heterocycles. The Morgan fingerprint density at radius 3 is 2.30 bits per heavy atom. The highest BCUT2D eigenvalue weighted by Gasteiger charge is 2.62. The van der Waals surface area contributed by atoms with Gasteiger partial charge in [0.25, 0.3) is 0 Å². The molecule has 4 aliphatic rings. The van der Waals surface area contributed by atoms with E-state index in [1.807, 2.05) is 38.1 Å². The number of carboxylic acids is 1. The molecule has 23 heavy (non-hydrogen) atoms. The van der Waals surface area contributed by atoms with Crippen molar-refractivity contribution in [2.75, 3.05) is 5.32 Å². The fourth-order valence-electron chi connectivity index (χ4n) is 4.61. The van der Waals surface area contributed by atoms with Gasteiger partial charge in [-0.05, 0) is 67.2 Å². The summed E-state index contributed by atoms with van der Waals surface area (Å²) in [6, 6.07) is 5.80. The summed E-state index contributed by atoms with van der Waals surface area (Å²) in [6.45, 7) is 4.03. The first kappa shape index (κ1) is 14.5. The average molecular weight is 311 g/mol. The number of benzene rings is 1. The second-order valence-electron chi connectivity index (χ2n) is 7.28. The Morgan fingerprint density at radius 1 is 1.04 bits per heavy atom. The summed E-state index contributed by atoms with van der Waals surface area (Å²) in [5.41, 5.74) is 3.04. The molecular weight excluding hydrogens is 290 g/mol. The molecule has 1 aromatic rings. The molecule has 2 saturated carbocycles. The molecule has 2 N–H and O–H groups in total. The molecule has 2 fully saturated rings. The number of hydrogen-bond acceptors (Lipinski definition) is 2.